The maximum Gasteiger partial charge on any atom is 0.326 e. The fourth-order valence-electron chi connectivity index (χ4n) is 4.45. The van der Waals surface area contributed by atoms with Crippen LogP contribution in [0.5, 0.6) is 5.75 Å². The Balaban J connectivity index is 1.84. The fraction of sp³-hybridized carbons (Fsp3) is 0.367. The normalized spacial score (nSPS) is 14.0. The number of carboxylic acids is 2. The number of aromatic hydroxyl groups is 1. The standard InChI is InChI=1S/C30H37N5O8/c1-16(2)26(31)29(41)33-22(11-12-25(37)38)27(39)34-23(13-17-7-9-19(36)10-8-17)28(40)35-24(30(42)43)14-18-15-32-21-6-4-3-5-20(18)21/h3-10,15-16,22-24,26,32,36H,11-14,31H2,1-2H3,(H,33,41)(H,34,39)(H,35,40)(H,37,38)(H,42,43). The zero-order valence-electron chi connectivity index (χ0n) is 23.9. The van der Waals surface area contributed by atoms with Gasteiger partial charge >= 0.3 is 11.9 Å². The number of hydrogen-bond acceptors (Lipinski definition) is 7. The minimum atomic E-state index is -1.35. The van der Waals surface area contributed by atoms with Crippen LogP contribution < -0.4 is 21.7 Å². The summed E-state index contributed by atoms with van der Waals surface area (Å²) < 4.78 is 0. The van der Waals surface area contributed by atoms with Crippen LogP contribution >= 0.6 is 0 Å². The van der Waals surface area contributed by atoms with Gasteiger partial charge in [-0.1, -0.05) is 44.2 Å². The van der Waals surface area contributed by atoms with E-state index in [4.69, 9.17) is 5.73 Å². The molecule has 0 aliphatic heterocycles. The van der Waals surface area contributed by atoms with Gasteiger partial charge in [0.2, 0.25) is 17.7 Å². The van der Waals surface area contributed by atoms with E-state index in [0.717, 1.165) is 10.9 Å². The van der Waals surface area contributed by atoms with Crippen LogP contribution in [-0.4, -0.2) is 74.1 Å². The molecule has 0 spiro atoms. The van der Waals surface area contributed by atoms with Gasteiger partial charge < -0.3 is 42.0 Å². The van der Waals surface area contributed by atoms with Gasteiger partial charge in [-0.3, -0.25) is 19.2 Å². The summed E-state index contributed by atoms with van der Waals surface area (Å²) in [6.07, 6.45) is 0.803. The maximum atomic E-state index is 13.5. The lowest BCUT2D eigenvalue weighted by Crippen LogP contribution is -2.58. The molecular formula is C30H37N5O8. The number of rotatable bonds is 15. The number of nitrogens with one attached hydrogen (secondary N) is 4. The number of fused-ring (bicyclic) bond motifs is 1. The summed E-state index contributed by atoms with van der Waals surface area (Å²) in [5, 5.41) is 37.1. The van der Waals surface area contributed by atoms with Crippen LogP contribution in [-0.2, 0) is 36.8 Å². The highest BCUT2D eigenvalue weighted by Crippen LogP contribution is 2.19. The summed E-state index contributed by atoms with van der Waals surface area (Å²) >= 11 is 0. The molecule has 13 nitrogen and oxygen atoms in total. The molecule has 1 heterocycles. The third-order valence-electron chi connectivity index (χ3n) is 7.02. The van der Waals surface area contributed by atoms with E-state index in [9.17, 15) is 39.3 Å². The molecule has 3 aromatic rings. The number of phenolic OH excluding ortho intramolecular Hbond substituents is 1. The lowest BCUT2D eigenvalue weighted by Gasteiger charge is -2.26. The van der Waals surface area contributed by atoms with E-state index >= 15 is 0 Å². The van der Waals surface area contributed by atoms with Crippen molar-refractivity contribution < 1.29 is 39.3 Å². The van der Waals surface area contributed by atoms with Gasteiger partial charge in [0, 0.05) is 36.4 Å². The molecule has 0 bridgehead atoms. The van der Waals surface area contributed by atoms with E-state index in [1.54, 1.807) is 20.0 Å². The van der Waals surface area contributed by atoms with Gasteiger partial charge in [0.25, 0.3) is 0 Å². The SMILES string of the molecule is CC(C)C(N)C(=O)NC(CCC(=O)O)C(=O)NC(Cc1ccc(O)cc1)C(=O)NC(Cc1c[nH]c2ccccc12)C(=O)O. The number of phenols is 1. The van der Waals surface area contributed by atoms with Crippen molar-refractivity contribution in [2.45, 2.75) is 63.7 Å². The first-order valence-corrected chi connectivity index (χ1v) is 13.8. The van der Waals surface area contributed by atoms with E-state index in [1.165, 1.54) is 24.3 Å². The van der Waals surface area contributed by atoms with Crippen molar-refractivity contribution in [2.75, 3.05) is 0 Å². The Kier molecular flexibility index (Phi) is 11.2. The van der Waals surface area contributed by atoms with Crippen molar-refractivity contribution in [3.8, 4) is 5.75 Å². The van der Waals surface area contributed by atoms with E-state index < -0.39 is 60.2 Å². The number of para-hydroxylation sites is 1. The summed E-state index contributed by atoms with van der Waals surface area (Å²) in [5.74, 6) is -5.07. The zero-order valence-corrected chi connectivity index (χ0v) is 23.9. The van der Waals surface area contributed by atoms with Crippen molar-refractivity contribution >= 4 is 40.6 Å². The molecule has 3 amide bonds. The topological polar surface area (TPSA) is 224 Å². The molecule has 13 heteroatoms. The minimum absolute atomic E-state index is 0.0172. The number of nitrogens with two attached hydrogens (primary N) is 1. The van der Waals surface area contributed by atoms with Crippen LogP contribution in [0.25, 0.3) is 10.9 Å². The lowest BCUT2D eigenvalue weighted by molar-refractivity contribution is -0.142. The highest BCUT2D eigenvalue weighted by atomic mass is 16.4. The Morgan fingerprint density at radius 1 is 0.814 bits per heavy atom. The van der Waals surface area contributed by atoms with Crippen molar-refractivity contribution in [2.24, 2.45) is 11.7 Å². The molecule has 0 aliphatic rings. The third kappa shape index (κ3) is 9.30. The van der Waals surface area contributed by atoms with Gasteiger partial charge in [-0.15, -0.1) is 0 Å². The minimum Gasteiger partial charge on any atom is -0.508 e. The zero-order chi connectivity index (χ0) is 31.7. The lowest BCUT2D eigenvalue weighted by atomic mass is 10.0. The number of H-pyrrole nitrogens is 1. The average Bonchev–Trinajstić information content (AvgIpc) is 3.37. The van der Waals surface area contributed by atoms with E-state index in [2.05, 4.69) is 20.9 Å². The molecule has 4 unspecified atom stereocenters. The molecule has 2 aromatic carbocycles. The highest BCUT2D eigenvalue weighted by Gasteiger charge is 2.31. The van der Waals surface area contributed by atoms with Crippen LogP contribution in [0.3, 0.4) is 0 Å². The Bertz CT molecular complexity index is 1450. The van der Waals surface area contributed by atoms with Crippen molar-refractivity contribution in [3.63, 3.8) is 0 Å². The monoisotopic (exact) mass is 595 g/mol. The van der Waals surface area contributed by atoms with E-state index in [0.29, 0.717) is 11.1 Å². The number of carbonyl (C=O) groups is 5. The van der Waals surface area contributed by atoms with Gasteiger partial charge in [0.05, 0.1) is 6.04 Å². The van der Waals surface area contributed by atoms with Crippen molar-refractivity contribution in [1.82, 2.24) is 20.9 Å². The van der Waals surface area contributed by atoms with Crippen LogP contribution in [0.4, 0.5) is 0 Å². The fourth-order valence-corrected chi connectivity index (χ4v) is 4.45. The highest BCUT2D eigenvalue weighted by molar-refractivity contribution is 5.94. The Morgan fingerprint density at radius 3 is 2.05 bits per heavy atom. The second kappa shape index (κ2) is 14.8. The summed E-state index contributed by atoms with van der Waals surface area (Å²) in [7, 11) is 0. The third-order valence-corrected chi connectivity index (χ3v) is 7.02. The van der Waals surface area contributed by atoms with Crippen LogP contribution in [0, 0.1) is 5.92 Å². The molecule has 0 fully saturated rings. The molecule has 43 heavy (non-hydrogen) atoms. The Hall–Kier alpha value is -4.91. The second-order valence-electron chi connectivity index (χ2n) is 10.7. The molecule has 1 aromatic heterocycles. The number of amides is 3. The molecule has 230 valence electrons. The number of aliphatic carboxylic acids is 2. The smallest absolute Gasteiger partial charge is 0.326 e. The van der Waals surface area contributed by atoms with Gasteiger partial charge in [0.15, 0.2) is 0 Å². The van der Waals surface area contributed by atoms with Crippen molar-refractivity contribution in [1.29, 1.82) is 0 Å². The molecule has 0 saturated carbocycles. The Labute approximate surface area is 247 Å². The predicted octanol–water partition coefficient (Wildman–Crippen LogP) is 1.05. The molecule has 9 N–H and O–H groups in total. The van der Waals surface area contributed by atoms with Crippen molar-refractivity contribution in [3.05, 3.63) is 65.9 Å². The Morgan fingerprint density at radius 2 is 1.42 bits per heavy atom. The number of carbonyl (C=O) groups excluding carboxylic acids is 3. The summed E-state index contributed by atoms with van der Waals surface area (Å²) in [4.78, 5) is 66.0. The van der Waals surface area contributed by atoms with Crippen LogP contribution in [0.2, 0.25) is 0 Å². The van der Waals surface area contributed by atoms with E-state index in [-0.39, 0.29) is 30.9 Å². The van der Waals surface area contributed by atoms with E-state index in [1.807, 2.05) is 24.3 Å². The molecule has 3 rings (SSSR count). The molecule has 0 radical (unpaired) electrons. The molecule has 0 aliphatic carbocycles. The number of benzene rings is 2. The van der Waals surface area contributed by atoms with Gasteiger partial charge in [-0.05, 0) is 41.7 Å². The second-order valence-corrected chi connectivity index (χ2v) is 10.7. The average molecular weight is 596 g/mol. The largest absolute Gasteiger partial charge is 0.508 e. The van der Waals surface area contributed by atoms with Crippen LogP contribution in [0.1, 0.15) is 37.8 Å². The number of carboxylic acid groups (broad SMARTS) is 2. The molecule has 4 atom stereocenters. The number of aromatic nitrogens is 1. The first-order chi connectivity index (χ1) is 20.3. The summed E-state index contributed by atoms with van der Waals surface area (Å²) in [6.45, 7) is 3.42. The first-order valence-electron chi connectivity index (χ1n) is 13.8. The number of aromatic amines is 1. The quantitative estimate of drug-likeness (QED) is 0.125. The molecule has 0 saturated heterocycles. The summed E-state index contributed by atoms with van der Waals surface area (Å²) in [5.41, 5.74) is 7.91. The maximum absolute atomic E-state index is 13.5. The van der Waals surface area contributed by atoms with Gasteiger partial charge in [-0.2, -0.15) is 0 Å². The number of hydrogen-bond donors (Lipinski definition) is 8. The van der Waals surface area contributed by atoms with Crippen LogP contribution in [0.15, 0.2) is 54.7 Å². The molecular weight excluding hydrogens is 558 g/mol. The predicted molar refractivity (Wildman–Crippen MR) is 157 cm³/mol. The first kappa shape index (κ1) is 32.6. The summed E-state index contributed by atoms with van der Waals surface area (Å²) in [6, 6.07) is 8.21. The van der Waals surface area contributed by atoms with Gasteiger partial charge in [-0.25, -0.2) is 4.79 Å². The van der Waals surface area contributed by atoms with Gasteiger partial charge in [0.1, 0.15) is 23.9 Å².